The summed E-state index contributed by atoms with van der Waals surface area (Å²) in [6, 6.07) is 1.72. The molecule has 1 heterocycles. The monoisotopic (exact) mass is 302 g/mol. The highest BCUT2D eigenvalue weighted by molar-refractivity contribution is 7.89. The van der Waals surface area contributed by atoms with Gasteiger partial charge < -0.3 is 5.73 Å². The summed E-state index contributed by atoms with van der Waals surface area (Å²) in [7, 11) is -3.39. The minimum absolute atomic E-state index is 0.0509. The van der Waals surface area contributed by atoms with Gasteiger partial charge in [-0.15, -0.1) is 11.3 Å². The molecule has 1 atom stereocenters. The lowest BCUT2D eigenvalue weighted by molar-refractivity contribution is 0.212. The van der Waals surface area contributed by atoms with Crippen LogP contribution in [0.15, 0.2) is 16.3 Å². The Morgan fingerprint density at radius 3 is 2.84 bits per heavy atom. The van der Waals surface area contributed by atoms with Crippen molar-refractivity contribution >= 4 is 21.4 Å². The fourth-order valence-corrected chi connectivity index (χ4v) is 5.12. The second-order valence-corrected chi connectivity index (χ2v) is 8.74. The van der Waals surface area contributed by atoms with Gasteiger partial charge in [0.25, 0.3) is 0 Å². The topological polar surface area (TPSA) is 72.2 Å². The van der Waals surface area contributed by atoms with Crippen molar-refractivity contribution in [3.05, 3.63) is 16.3 Å². The molecule has 2 rings (SSSR count). The van der Waals surface area contributed by atoms with Crippen LogP contribution in [0.5, 0.6) is 0 Å². The lowest BCUT2D eigenvalue weighted by Gasteiger charge is -2.35. The van der Waals surface area contributed by atoms with Gasteiger partial charge in [0.2, 0.25) is 10.0 Å². The van der Waals surface area contributed by atoms with Crippen LogP contribution in [0.4, 0.5) is 0 Å². The third-order valence-electron chi connectivity index (χ3n) is 3.67. The number of hydrogen-bond acceptors (Lipinski definition) is 4. The van der Waals surface area contributed by atoms with Crippen molar-refractivity contribution in [1.82, 2.24) is 4.72 Å². The van der Waals surface area contributed by atoms with Gasteiger partial charge in [-0.05, 0) is 30.7 Å². The van der Waals surface area contributed by atoms with Crippen LogP contribution in [0.1, 0.15) is 44.4 Å². The summed E-state index contributed by atoms with van der Waals surface area (Å²) in [5.41, 5.74) is 5.75. The zero-order valence-corrected chi connectivity index (χ0v) is 13.1. The Morgan fingerprint density at radius 1 is 1.53 bits per heavy atom. The van der Waals surface area contributed by atoms with Gasteiger partial charge in [-0.1, -0.05) is 20.3 Å². The number of nitrogens with two attached hydrogens (primary N) is 1. The molecule has 0 saturated heterocycles. The Balaban J connectivity index is 2.09. The molecule has 108 valence electrons. The molecule has 0 spiro atoms. The van der Waals surface area contributed by atoms with Crippen LogP contribution in [0.3, 0.4) is 0 Å². The highest BCUT2D eigenvalue weighted by atomic mass is 32.2. The predicted octanol–water partition coefficient (Wildman–Crippen LogP) is 2.45. The van der Waals surface area contributed by atoms with Crippen LogP contribution in [0.2, 0.25) is 0 Å². The van der Waals surface area contributed by atoms with Crippen LogP contribution >= 0.6 is 11.3 Å². The first-order valence-electron chi connectivity index (χ1n) is 6.62. The molecule has 19 heavy (non-hydrogen) atoms. The fraction of sp³-hybridized carbons (Fsp3) is 0.692. The quantitative estimate of drug-likeness (QED) is 0.897. The van der Waals surface area contributed by atoms with E-state index < -0.39 is 10.0 Å². The van der Waals surface area contributed by atoms with Crippen molar-refractivity contribution in [3.8, 4) is 0 Å². The lowest BCUT2D eigenvalue weighted by Crippen LogP contribution is -2.40. The lowest BCUT2D eigenvalue weighted by atomic mass is 9.75. The van der Waals surface area contributed by atoms with Crippen molar-refractivity contribution in [3.63, 3.8) is 0 Å². The Labute approximate surface area is 119 Å². The minimum Gasteiger partial charge on any atom is -0.326 e. The smallest absolute Gasteiger partial charge is 0.241 e. The molecule has 0 amide bonds. The van der Waals surface area contributed by atoms with E-state index in [1.165, 1.54) is 17.8 Å². The fourth-order valence-electron chi connectivity index (χ4n) is 2.69. The molecule has 1 aliphatic rings. The molecule has 0 radical (unpaired) electrons. The van der Waals surface area contributed by atoms with E-state index in [0.717, 1.165) is 24.1 Å². The van der Waals surface area contributed by atoms with Crippen molar-refractivity contribution < 1.29 is 8.42 Å². The molecule has 1 unspecified atom stereocenters. The highest BCUT2D eigenvalue weighted by Gasteiger charge is 2.31. The van der Waals surface area contributed by atoms with Crippen LogP contribution in [0.25, 0.3) is 0 Å². The number of rotatable bonds is 4. The second kappa shape index (κ2) is 5.52. The number of thiophene rings is 1. The molecule has 3 N–H and O–H groups in total. The standard InChI is InChI=1S/C13H22N2O2S2/c1-13(2)5-3-4-10(7-13)15-19(16,17)12-6-11(8-14)18-9-12/h6,9-10,15H,3-5,7-8,14H2,1-2H3. The molecule has 4 nitrogen and oxygen atoms in total. The van der Waals surface area contributed by atoms with E-state index in [0.29, 0.717) is 11.4 Å². The van der Waals surface area contributed by atoms with E-state index in [4.69, 9.17) is 5.73 Å². The molecule has 0 aromatic carbocycles. The summed E-state index contributed by atoms with van der Waals surface area (Å²) in [6.45, 7) is 4.78. The van der Waals surface area contributed by atoms with E-state index in [-0.39, 0.29) is 11.5 Å². The maximum Gasteiger partial charge on any atom is 0.241 e. The maximum absolute atomic E-state index is 12.3. The van der Waals surface area contributed by atoms with E-state index in [1.807, 2.05) is 0 Å². The first-order chi connectivity index (χ1) is 8.82. The third kappa shape index (κ3) is 3.78. The van der Waals surface area contributed by atoms with E-state index in [9.17, 15) is 8.42 Å². The Morgan fingerprint density at radius 2 is 2.26 bits per heavy atom. The summed E-state index contributed by atoms with van der Waals surface area (Å²) in [6.07, 6.45) is 4.08. The maximum atomic E-state index is 12.3. The van der Waals surface area contributed by atoms with Crippen LogP contribution in [-0.4, -0.2) is 14.5 Å². The van der Waals surface area contributed by atoms with Gasteiger partial charge in [-0.2, -0.15) is 0 Å². The number of hydrogen-bond donors (Lipinski definition) is 2. The average Bonchev–Trinajstić information content (AvgIpc) is 2.76. The van der Waals surface area contributed by atoms with Gasteiger partial charge in [-0.25, -0.2) is 13.1 Å². The van der Waals surface area contributed by atoms with Crippen LogP contribution in [-0.2, 0) is 16.6 Å². The van der Waals surface area contributed by atoms with Crippen molar-refractivity contribution in [2.24, 2.45) is 11.1 Å². The zero-order valence-electron chi connectivity index (χ0n) is 11.5. The Kier molecular flexibility index (Phi) is 4.35. The molecule has 6 heteroatoms. The first-order valence-corrected chi connectivity index (χ1v) is 8.98. The summed E-state index contributed by atoms with van der Waals surface area (Å²) >= 11 is 1.39. The van der Waals surface area contributed by atoms with Crippen molar-refractivity contribution in [2.75, 3.05) is 0 Å². The molecule has 0 aliphatic heterocycles. The third-order valence-corrected chi connectivity index (χ3v) is 6.28. The minimum atomic E-state index is -3.39. The molecule has 1 aliphatic carbocycles. The Bertz CT molecular complexity index is 535. The van der Waals surface area contributed by atoms with Crippen LogP contribution < -0.4 is 10.5 Å². The van der Waals surface area contributed by atoms with Gasteiger partial charge in [0.05, 0.1) is 4.90 Å². The van der Waals surface area contributed by atoms with Gasteiger partial charge in [0.1, 0.15) is 0 Å². The molecular formula is C13H22N2O2S2. The Hall–Kier alpha value is -0.430. The van der Waals surface area contributed by atoms with E-state index in [2.05, 4.69) is 18.6 Å². The van der Waals surface area contributed by atoms with E-state index in [1.54, 1.807) is 11.4 Å². The molecular weight excluding hydrogens is 280 g/mol. The molecule has 1 saturated carbocycles. The molecule has 1 fully saturated rings. The van der Waals surface area contributed by atoms with Gasteiger partial charge in [0.15, 0.2) is 0 Å². The van der Waals surface area contributed by atoms with Crippen molar-refractivity contribution in [2.45, 2.75) is 57.0 Å². The molecule has 1 aromatic heterocycles. The number of sulfonamides is 1. The summed E-state index contributed by atoms with van der Waals surface area (Å²) in [5.74, 6) is 0. The normalized spacial score (nSPS) is 23.4. The van der Waals surface area contributed by atoms with Gasteiger partial charge in [0, 0.05) is 22.8 Å². The first kappa shape index (κ1) is 15.0. The summed E-state index contributed by atoms with van der Waals surface area (Å²) in [5, 5.41) is 1.67. The zero-order chi connectivity index (χ0) is 14.1. The predicted molar refractivity (Wildman–Crippen MR) is 78.6 cm³/mol. The molecule has 1 aromatic rings. The largest absolute Gasteiger partial charge is 0.326 e. The number of nitrogens with one attached hydrogen (secondary N) is 1. The summed E-state index contributed by atoms with van der Waals surface area (Å²) in [4.78, 5) is 1.24. The second-order valence-electron chi connectivity index (χ2n) is 6.03. The van der Waals surface area contributed by atoms with Crippen molar-refractivity contribution in [1.29, 1.82) is 0 Å². The molecule has 0 bridgehead atoms. The average molecular weight is 302 g/mol. The van der Waals surface area contributed by atoms with Gasteiger partial charge in [-0.3, -0.25) is 0 Å². The van der Waals surface area contributed by atoms with Crippen LogP contribution in [0, 0.1) is 5.41 Å². The van der Waals surface area contributed by atoms with E-state index >= 15 is 0 Å². The SMILES string of the molecule is CC1(C)CCCC(NS(=O)(=O)c2csc(CN)c2)C1. The van der Waals surface area contributed by atoms with Gasteiger partial charge >= 0.3 is 0 Å². The summed E-state index contributed by atoms with van der Waals surface area (Å²) < 4.78 is 27.4. The highest BCUT2D eigenvalue weighted by Crippen LogP contribution is 2.35.